The predicted molar refractivity (Wildman–Crippen MR) is 103 cm³/mol. The number of unbranched alkanes of at least 4 members (excludes halogenated alkanes) is 9. The van der Waals surface area contributed by atoms with Crippen LogP contribution in [0.3, 0.4) is 0 Å². The third kappa shape index (κ3) is 10.9. The summed E-state index contributed by atoms with van der Waals surface area (Å²) in [5, 5.41) is 0. The Morgan fingerprint density at radius 3 is 1.62 bits per heavy atom. The average molecular weight is 356 g/mol. The van der Waals surface area contributed by atoms with E-state index in [1.165, 1.54) is 69.9 Å². The number of nitrogens with zero attached hydrogens (tertiary/aromatic N) is 1. The van der Waals surface area contributed by atoms with Gasteiger partial charge in [0, 0.05) is 12.1 Å². The number of benzene rings is 1. The quantitative estimate of drug-likeness (QED) is 0.390. The van der Waals surface area contributed by atoms with Crippen LogP contribution in [0.4, 0.5) is 5.69 Å². The Kier molecular flexibility index (Phi) is 13.1. The lowest BCUT2D eigenvalue weighted by molar-refractivity contribution is -0.00000573. The second-order valence-corrected chi connectivity index (χ2v) is 7.54. The van der Waals surface area contributed by atoms with Gasteiger partial charge in [-0.15, -0.1) is 0 Å². The van der Waals surface area contributed by atoms with Crippen molar-refractivity contribution in [3.05, 3.63) is 24.3 Å². The van der Waals surface area contributed by atoms with Crippen LogP contribution >= 0.6 is 0 Å². The fourth-order valence-corrected chi connectivity index (χ4v) is 2.77. The maximum atomic E-state index is 5.84. The Hall–Kier alpha value is -0.730. The lowest BCUT2D eigenvalue weighted by Crippen LogP contribution is -3.00. The van der Waals surface area contributed by atoms with Crippen LogP contribution in [0.1, 0.15) is 71.1 Å². The summed E-state index contributed by atoms with van der Waals surface area (Å²) in [6.45, 7) is 3.13. The summed E-state index contributed by atoms with van der Waals surface area (Å²) in [6.07, 6.45) is 13.7. The average Bonchev–Trinajstić information content (AvgIpc) is 2.52. The smallest absolute Gasteiger partial charge is 0.132 e. The van der Waals surface area contributed by atoms with E-state index in [0.717, 1.165) is 16.8 Å². The number of quaternary nitrogens is 1. The molecule has 1 rings (SSSR count). The maximum absolute atomic E-state index is 5.84. The fraction of sp³-hybridized carbons (Fsp3) is 0.714. The zero-order valence-electron chi connectivity index (χ0n) is 16.3. The highest BCUT2D eigenvalue weighted by molar-refractivity contribution is 5.44. The van der Waals surface area contributed by atoms with E-state index in [0.29, 0.717) is 0 Å². The van der Waals surface area contributed by atoms with Crippen molar-refractivity contribution in [2.24, 2.45) is 0 Å². The van der Waals surface area contributed by atoms with Crippen LogP contribution in [0, 0.1) is 0 Å². The maximum Gasteiger partial charge on any atom is 0.132 e. The van der Waals surface area contributed by atoms with Crippen LogP contribution in [0.25, 0.3) is 0 Å². The van der Waals surface area contributed by atoms with E-state index in [1.54, 1.807) is 0 Å². The van der Waals surface area contributed by atoms with Gasteiger partial charge in [0.2, 0.25) is 0 Å². The van der Waals surface area contributed by atoms with Gasteiger partial charge in [-0.3, -0.25) is 4.48 Å². The van der Waals surface area contributed by atoms with Gasteiger partial charge in [-0.05, 0) is 18.6 Å². The minimum atomic E-state index is 0. The van der Waals surface area contributed by atoms with Gasteiger partial charge in [-0.1, -0.05) is 64.7 Å². The molecule has 0 amide bonds. The topological polar surface area (TPSA) is 9.23 Å². The van der Waals surface area contributed by atoms with E-state index >= 15 is 0 Å². The summed E-state index contributed by atoms with van der Waals surface area (Å²) < 4.78 is 6.68. The third-order valence-corrected chi connectivity index (χ3v) is 4.38. The molecule has 24 heavy (non-hydrogen) atoms. The summed E-state index contributed by atoms with van der Waals surface area (Å²) in [6, 6.07) is 8.51. The predicted octanol–water partition coefficient (Wildman–Crippen LogP) is 3.19. The molecule has 0 N–H and O–H groups in total. The normalized spacial score (nSPS) is 11.2. The molecule has 2 nitrogen and oxygen atoms in total. The van der Waals surface area contributed by atoms with Crippen molar-refractivity contribution in [1.29, 1.82) is 0 Å². The molecule has 0 unspecified atom stereocenters. The van der Waals surface area contributed by atoms with Crippen LogP contribution in [0.5, 0.6) is 5.75 Å². The van der Waals surface area contributed by atoms with Crippen LogP contribution in [-0.4, -0.2) is 27.7 Å². The Labute approximate surface area is 156 Å². The molecule has 0 aliphatic heterocycles. The zero-order valence-corrected chi connectivity index (χ0v) is 17.1. The van der Waals surface area contributed by atoms with Gasteiger partial charge in [0.1, 0.15) is 11.4 Å². The van der Waals surface area contributed by atoms with Crippen molar-refractivity contribution in [2.75, 3.05) is 27.7 Å². The van der Waals surface area contributed by atoms with E-state index in [-0.39, 0.29) is 12.4 Å². The Morgan fingerprint density at radius 2 is 1.17 bits per heavy atom. The standard InChI is InChI=1S/C21H38NO.ClH/c1-5-6-7-8-9-10-11-12-13-14-19-23-21-17-15-20(16-18-21)22(2,3)4;/h15-18H,5-14,19H2,1-4H3;1H/q+1;/p-1. The van der Waals surface area contributed by atoms with Crippen LogP contribution in [0.15, 0.2) is 24.3 Å². The SMILES string of the molecule is CCCCCCCCCCCCOc1ccc([N+](C)(C)C)cc1.[Cl-]. The molecule has 0 aromatic heterocycles. The van der Waals surface area contributed by atoms with Crippen LogP contribution in [-0.2, 0) is 0 Å². The molecule has 0 radical (unpaired) electrons. The Morgan fingerprint density at radius 1 is 0.708 bits per heavy atom. The van der Waals surface area contributed by atoms with E-state index in [9.17, 15) is 0 Å². The van der Waals surface area contributed by atoms with Crippen LogP contribution in [0.2, 0.25) is 0 Å². The van der Waals surface area contributed by atoms with Gasteiger partial charge in [0.15, 0.2) is 0 Å². The molecule has 3 heteroatoms. The van der Waals surface area contributed by atoms with Crippen molar-refractivity contribution in [3.63, 3.8) is 0 Å². The summed E-state index contributed by atoms with van der Waals surface area (Å²) in [7, 11) is 6.54. The van der Waals surface area contributed by atoms with E-state index in [1.807, 2.05) is 0 Å². The molecule has 140 valence electrons. The number of ether oxygens (including phenoxy) is 1. The lowest BCUT2D eigenvalue weighted by atomic mass is 10.1. The molecule has 0 aliphatic rings. The van der Waals surface area contributed by atoms with E-state index in [2.05, 4.69) is 52.3 Å². The van der Waals surface area contributed by atoms with E-state index in [4.69, 9.17) is 4.74 Å². The molecule has 0 heterocycles. The van der Waals surface area contributed by atoms with Gasteiger partial charge in [0.05, 0.1) is 27.7 Å². The highest BCUT2D eigenvalue weighted by Gasteiger charge is 2.11. The molecule has 0 saturated heterocycles. The first-order valence-corrected chi connectivity index (χ1v) is 9.59. The minimum Gasteiger partial charge on any atom is -1.00 e. The second kappa shape index (κ2) is 13.5. The molecular weight excluding hydrogens is 318 g/mol. The van der Waals surface area contributed by atoms with Crippen molar-refractivity contribution in [3.8, 4) is 5.75 Å². The van der Waals surface area contributed by atoms with Crippen LogP contribution < -0.4 is 21.6 Å². The van der Waals surface area contributed by atoms with Gasteiger partial charge < -0.3 is 17.1 Å². The summed E-state index contributed by atoms with van der Waals surface area (Å²) in [5.74, 6) is 0.998. The molecule has 1 aromatic carbocycles. The molecule has 0 aliphatic carbocycles. The first-order valence-electron chi connectivity index (χ1n) is 9.59. The molecular formula is C21H38ClNO. The fourth-order valence-electron chi connectivity index (χ4n) is 2.77. The van der Waals surface area contributed by atoms with Crippen molar-refractivity contribution in [1.82, 2.24) is 4.48 Å². The highest BCUT2D eigenvalue weighted by atomic mass is 35.5. The number of hydrogen-bond acceptors (Lipinski definition) is 1. The second-order valence-electron chi connectivity index (χ2n) is 7.54. The summed E-state index contributed by atoms with van der Waals surface area (Å²) in [5.41, 5.74) is 1.30. The molecule has 0 saturated carbocycles. The Bertz CT molecular complexity index is 397. The number of rotatable bonds is 13. The molecule has 0 fully saturated rings. The minimum absolute atomic E-state index is 0. The first kappa shape index (κ1) is 23.3. The van der Waals surface area contributed by atoms with E-state index < -0.39 is 0 Å². The molecule has 0 bridgehead atoms. The van der Waals surface area contributed by atoms with Crippen molar-refractivity contribution in [2.45, 2.75) is 71.1 Å². The zero-order chi connectivity index (χ0) is 17.0. The first-order chi connectivity index (χ1) is 11.0. The molecule has 0 atom stereocenters. The van der Waals surface area contributed by atoms with Crippen molar-refractivity contribution < 1.29 is 17.1 Å². The van der Waals surface area contributed by atoms with Gasteiger partial charge >= 0.3 is 0 Å². The lowest BCUT2D eigenvalue weighted by Gasteiger charge is -2.23. The monoisotopic (exact) mass is 355 g/mol. The Balaban J connectivity index is 0.00000529. The van der Waals surface area contributed by atoms with Crippen molar-refractivity contribution >= 4 is 5.69 Å². The third-order valence-electron chi connectivity index (χ3n) is 4.38. The largest absolute Gasteiger partial charge is 1.00 e. The number of hydrogen-bond donors (Lipinski definition) is 0. The summed E-state index contributed by atoms with van der Waals surface area (Å²) >= 11 is 0. The van der Waals surface area contributed by atoms with Gasteiger partial charge in [0.25, 0.3) is 0 Å². The van der Waals surface area contributed by atoms with Gasteiger partial charge in [-0.25, -0.2) is 0 Å². The van der Waals surface area contributed by atoms with Gasteiger partial charge in [-0.2, -0.15) is 0 Å². The summed E-state index contributed by atoms with van der Waals surface area (Å²) in [4.78, 5) is 0. The molecule has 0 spiro atoms. The molecule has 1 aromatic rings. The number of halogens is 1. The highest BCUT2D eigenvalue weighted by Crippen LogP contribution is 2.21.